The van der Waals surface area contributed by atoms with Gasteiger partial charge in [-0.15, -0.1) is 0 Å². The van der Waals surface area contributed by atoms with Crippen LogP contribution in [0.3, 0.4) is 0 Å². The Morgan fingerprint density at radius 1 is 1.11 bits per heavy atom. The Kier molecular flexibility index (Phi) is 3.87. The lowest BCUT2D eigenvalue weighted by Gasteiger charge is -2.40. The molecule has 0 radical (unpaired) electrons. The first-order chi connectivity index (χ1) is 9.34. The van der Waals surface area contributed by atoms with Crippen molar-refractivity contribution in [2.75, 3.05) is 26.2 Å². The van der Waals surface area contributed by atoms with E-state index in [1.807, 2.05) is 4.90 Å². The smallest absolute Gasteiger partial charge is 0.289 e. The molecule has 0 N–H and O–H groups in total. The molecule has 0 aliphatic carbocycles. The van der Waals surface area contributed by atoms with Gasteiger partial charge in [-0.25, -0.2) is 0 Å². The van der Waals surface area contributed by atoms with Gasteiger partial charge in [0.05, 0.1) is 6.26 Å². The van der Waals surface area contributed by atoms with Crippen LogP contribution in [0, 0.1) is 0 Å². The summed E-state index contributed by atoms with van der Waals surface area (Å²) in [6.45, 7) is 4.22. The molecule has 0 atom stereocenters. The fourth-order valence-electron chi connectivity index (χ4n) is 3.27. The van der Waals surface area contributed by atoms with Crippen LogP contribution in [0.5, 0.6) is 0 Å². The number of furan rings is 1. The molecular weight excluding hydrogens is 240 g/mol. The predicted octanol–water partition coefficient (Wildman–Crippen LogP) is 2.37. The molecule has 2 saturated heterocycles. The van der Waals surface area contributed by atoms with Gasteiger partial charge in [0.25, 0.3) is 5.91 Å². The maximum atomic E-state index is 12.2. The van der Waals surface area contributed by atoms with Crippen molar-refractivity contribution in [1.29, 1.82) is 0 Å². The van der Waals surface area contributed by atoms with Crippen molar-refractivity contribution >= 4 is 5.91 Å². The van der Waals surface area contributed by atoms with E-state index < -0.39 is 0 Å². The summed E-state index contributed by atoms with van der Waals surface area (Å²) in [5.74, 6) is 0.513. The van der Waals surface area contributed by atoms with Crippen molar-refractivity contribution in [2.45, 2.75) is 38.1 Å². The van der Waals surface area contributed by atoms with Crippen LogP contribution >= 0.6 is 0 Å². The number of likely N-dealkylation sites (tertiary alicyclic amines) is 2. The second kappa shape index (κ2) is 5.78. The molecule has 3 rings (SSSR count). The molecule has 2 aliphatic rings. The minimum atomic E-state index is 0.0436. The lowest BCUT2D eigenvalue weighted by atomic mass is 10.00. The van der Waals surface area contributed by atoms with Gasteiger partial charge in [-0.2, -0.15) is 0 Å². The Balaban J connectivity index is 1.53. The van der Waals surface area contributed by atoms with E-state index in [9.17, 15) is 4.79 Å². The van der Waals surface area contributed by atoms with E-state index in [-0.39, 0.29) is 5.91 Å². The number of rotatable bonds is 2. The molecular formula is C15H22N2O2. The molecule has 3 heterocycles. The summed E-state index contributed by atoms with van der Waals surface area (Å²) in [5, 5.41) is 0. The monoisotopic (exact) mass is 262 g/mol. The maximum absolute atomic E-state index is 12.2. The molecule has 0 saturated carbocycles. The van der Waals surface area contributed by atoms with Crippen molar-refractivity contribution in [3.63, 3.8) is 0 Å². The number of nitrogens with zero attached hydrogens (tertiary/aromatic N) is 2. The summed E-state index contributed by atoms with van der Waals surface area (Å²) in [4.78, 5) is 16.7. The highest BCUT2D eigenvalue weighted by atomic mass is 16.3. The second-order valence-electron chi connectivity index (χ2n) is 5.60. The first-order valence-electron chi connectivity index (χ1n) is 7.41. The first-order valence-corrected chi connectivity index (χ1v) is 7.41. The summed E-state index contributed by atoms with van der Waals surface area (Å²) in [5.41, 5.74) is 0. The molecule has 2 aliphatic heterocycles. The van der Waals surface area contributed by atoms with Crippen molar-refractivity contribution in [3.05, 3.63) is 24.2 Å². The molecule has 19 heavy (non-hydrogen) atoms. The molecule has 1 aromatic heterocycles. The van der Waals surface area contributed by atoms with Crippen LogP contribution in [0.25, 0.3) is 0 Å². The zero-order chi connectivity index (χ0) is 13.1. The lowest BCUT2D eigenvalue weighted by Crippen LogP contribution is -2.48. The molecule has 1 aromatic rings. The topological polar surface area (TPSA) is 36.7 Å². The van der Waals surface area contributed by atoms with Crippen LogP contribution in [0.1, 0.15) is 42.7 Å². The Hall–Kier alpha value is -1.29. The SMILES string of the molecule is O=C(c1ccco1)N1CCC(N2CCCCC2)CC1. The summed E-state index contributed by atoms with van der Waals surface area (Å²) in [6, 6.07) is 4.20. The van der Waals surface area contributed by atoms with Gasteiger partial charge in [-0.3, -0.25) is 4.79 Å². The molecule has 0 spiro atoms. The minimum absolute atomic E-state index is 0.0436. The molecule has 0 bridgehead atoms. The zero-order valence-corrected chi connectivity index (χ0v) is 11.4. The Morgan fingerprint density at radius 2 is 1.84 bits per heavy atom. The van der Waals surface area contributed by atoms with Crippen LogP contribution < -0.4 is 0 Å². The molecule has 4 nitrogen and oxygen atoms in total. The van der Waals surface area contributed by atoms with Crippen LogP contribution in [0.4, 0.5) is 0 Å². The van der Waals surface area contributed by atoms with Gasteiger partial charge in [-0.05, 0) is 50.9 Å². The van der Waals surface area contributed by atoms with E-state index >= 15 is 0 Å². The number of amides is 1. The summed E-state index contributed by atoms with van der Waals surface area (Å²) >= 11 is 0. The van der Waals surface area contributed by atoms with Crippen molar-refractivity contribution in [2.24, 2.45) is 0 Å². The van der Waals surface area contributed by atoms with Crippen molar-refractivity contribution < 1.29 is 9.21 Å². The zero-order valence-electron chi connectivity index (χ0n) is 11.4. The van der Waals surface area contributed by atoms with Crippen LogP contribution in [0.2, 0.25) is 0 Å². The third-order valence-electron chi connectivity index (χ3n) is 4.39. The number of hydrogen-bond donors (Lipinski definition) is 0. The van der Waals surface area contributed by atoms with E-state index in [1.165, 1.54) is 32.4 Å². The van der Waals surface area contributed by atoms with Gasteiger partial charge < -0.3 is 14.2 Å². The Labute approximate surface area is 114 Å². The number of hydrogen-bond acceptors (Lipinski definition) is 3. The van der Waals surface area contributed by atoms with Crippen LogP contribution in [-0.2, 0) is 0 Å². The number of carbonyl (C=O) groups excluding carboxylic acids is 1. The van der Waals surface area contributed by atoms with Crippen LogP contribution in [-0.4, -0.2) is 47.9 Å². The normalized spacial score (nSPS) is 22.6. The second-order valence-corrected chi connectivity index (χ2v) is 5.60. The van der Waals surface area contributed by atoms with E-state index in [1.54, 1.807) is 18.4 Å². The Bertz CT molecular complexity index is 402. The lowest BCUT2D eigenvalue weighted by molar-refractivity contribution is 0.0562. The van der Waals surface area contributed by atoms with E-state index in [0.29, 0.717) is 11.8 Å². The third kappa shape index (κ3) is 2.84. The molecule has 4 heteroatoms. The fraction of sp³-hybridized carbons (Fsp3) is 0.667. The third-order valence-corrected chi connectivity index (χ3v) is 4.39. The minimum Gasteiger partial charge on any atom is -0.459 e. The van der Waals surface area contributed by atoms with Crippen molar-refractivity contribution in [1.82, 2.24) is 9.80 Å². The van der Waals surface area contributed by atoms with Gasteiger partial charge in [0.1, 0.15) is 0 Å². The number of carbonyl (C=O) groups is 1. The van der Waals surface area contributed by atoms with E-state index in [0.717, 1.165) is 25.9 Å². The average Bonchev–Trinajstić information content (AvgIpc) is 3.02. The van der Waals surface area contributed by atoms with Gasteiger partial charge in [0, 0.05) is 19.1 Å². The standard InChI is InChI=1S/C15H22N2O2/c18-15(14-5-4-12-19-14)17-10-6-13(7-11-17)16-8-2-1-3-9-16/h4-5,12-13H,1-3,6-11H2. The van der Waals surface area contributed by atoms with Gasteiger partial charge in [0.15, 0.2) is 5.76 Å². The first kappa shape index (κ1) is 12.7. The Morgan fingerprint density at radius 3 is 2.47 bits per heavy atom. The molecule has 1 amide bonds. The molecule has 0 aromatic carbocycles. The van der Waals surface area contributed by atoms with Crippen molar-refractivity contribution in [3.8, 4) is 0 Å². The maximum Gasteiger partial charge on any atom is 0.289 e. The largest absolute Gasteiger partial charge is 0.459 e. The summed E-state index contributed by atoms with van der Waals surface area (Å²) in [6.07, 6.45) is 7.83. The van der Waals surface area contributed by atoms with Gasteiger partial charge in [-0.1, -0.05) is 6.42 Å². The molecule has 104 valence electrons. The highest BCUT2D eigenvalue weighted by molar-refractivity contribution is 5.91. The highest BCUT2D eigenvalue weighted by Gasteiger charge is 2.28. The molecule has 0 unspecified atom stereocenters. The summed E-state index contributed by atoms with van der Waals surface area (Å²) in [7, 11) is 0. The van der Waals surface area contributed by atoms with E-state index in [2.05, 4.69) is 4.90 Å². The number of piperidine rings is 2. The summed E-state index contributed by atoms with van der Waals surface area (Å²) < 4.78 is 5.19. The van der Waals surface area contributed by atoms with E-state index in [4.69, 9.17) is 4.42 Å². The fourth-order valence-corrected chi connectivity index (χ4v) is 3.27. The quantitative estimate of drug-likeness (QED) is 0.821. The van der Waals surface area contributed by atoms with Gasteiger partial charge in [0.2, 0.25) is 0 Å². The highest BCUT2D eigenvalue weighted by Crippen LogP contribution is 2.21. The molecule has 2 fully saturated rings. The average molecular weight is 262 g/mol. The predicted molar refractivity (Wildman–Crippen MR) is 73.1 cm³/mol. The van der Waals surface area contributed by atoms with Gasteiger partial charge >= 0.3 is 0 Å². The van der Waals surface area contributed by atoms with Crippen LogP contribution in [0.15, 0.2) is 22.8 Å².